The van der Waals surface area contributed by atoms with Gasteiger partial charge in [0.2, 0.25) is 0 Å². The maximum Gasteiger partial charge on any atom is 0.127 e. The van der Waals surface area contributed by atoms with Crippen LogP contribution >= 0.6 is 11.6 Å². The Hall–Kier alpha value is -0.600. The largest absolute Gasteiger partial charge is 0.330 e. The Bertz CT molecular complexity index is 326. The van der Waals surface area contributed by atoms with E-state index >= 15 is 0 Å². The van der Waals surface area contributed by atoms with Gasteiger partial charge in [0.05, 0.1) is 0 Å². The maximum atomic E-state index is 13.1. The van der Waals surface area contributed by atoms with E-state index in [0.717, 1.165) is 37.8 Å². The van der Waals surface area contributed by atoms with Gasteiger partial charge >= 0.3 is 0 Å². The fraction of sp³-hybridized carbons (Fsp3) is 0.500. The molecule has 2 N–H and O–H groups in total. The van der Waals surface area contributed by atoms with E-state index in [9.17, 15) is 4.39 Å². The summed E-state index contributed by atoms with van der Waals surface area (Å²) >= 11 is 5.95. The molecule has 0 aliphatic rings. The molecule has 0 saturated heterocycles. The lowest BCUT2D eigenvalue weighted by Gasteiger charge is -2.06. The van der Waals surface area contributed by atoms with Crippen molar-refractivity contribution in [2.75, 3.05) is 6.54 Å². The van der Waals surface area contributed by atoms with Gasteiger partial charge in [0.1, 0.15) is 5.82 Å². The summed E-state index contributed by atoms with van der Waals surface area (Å²) in [5.41, 5.74) is 7.10. The van der Waals surface area contributed by atoms with Crippen LogP contribution in [-0.2, 0) is 6.42 Å². The first-order valence-electron chi connectivity index (χ1n) is 5.29. The summed E-state index contributed by atoms with van der Waals surface area (Å²) in [6.45, 7) is 2.49. The van der Waals surface area contributed by atoms with E-state index in [1.165, 1.54) is 6.07 Å². The third-order valence-electron chi connectivity index (χ3n) is 2.48. The van der Waals surface area contributed by atoms with Crippen molar-refractivity contribution in [3.63, 3.8) is 0 Å². The van der Waals surface area contributed by atoms with Crippen LogP contribution in [0.15, 0.2) is 12.1 Å². The molecule has 0 spiro atoms. The molecule has 15 heavy (non-hydrogen) atoms. The normalized spacial score (nSPS) is 10.7. The van der Waals surface area contributed by atoms with Crippen molar-refractivity contribution >= 4 is 11.6 Å². The monoisotopic (exact) mass is 229 g/mol. The van der Waals surface area contributed by atoms with Crippen molar-refractivity contribution < 1.29 is 4.39 Å². The Labute approximate surface area is 95.4 Å². The van der Waals surface area contributed by atoms with Crippen LogP contribution < -0.4 is 5.73 Å². The second kappa shape index (κ2) is 6.09. The van der Waals surface area contributed by atoms with E-state index in [1.54, 1.807) is 6.92 Å². The highest BCUT2D eigenvalue weighted by atomic mass is 35.5. The number of hydrogen-bond acceptors (Lipinski definition) is 1. The van der Waals surface area contributed by atoms with Gasteiger partial charge in [0.25, 0.3) is 0 Å². The number of nitrogens with two attached hydrogens (primary N) is 1. The van der Waals surface area contributed by atoms with Crippen LogP contribution in [-0.4, -0.2) is 6.54 Å². The second-order valence-corrected chi connectivity index (χ2v) is 4.20. The molecule has 0 amide bonds. The summed E-state index contributed by atoms with van der Waals surface area (Å²) in [6.07, 6.45) is 4.10. The lowest BCUT2D eigenvalue weighted by atomic mass is 10.0. The third kappa shape index (κ3) is 3.80. The molecular formula is C12H17ClFN. The number of aryl methyl sites for hydroxylation is 2. The van der Waals surface area contributed by atoms with Gasteiger partial charge in [0, 0.05) is 5.02 Å². The van der Waals surface area contributed by atoms with Gasteiger partial charge < -0.3 is 5.73 Å². The highest BCUT2D eigenvalue weighted by Gasteiger charge is 2.05. The standard InChI is InChI=1S/C12H17ClFN/c1-9-7-10(5-3-2-4-6-15)11(13)8-12(9)14/h7-8H,2-6,15H2,1H3. The smallest absolute Gasteiger partial charge is 0.127 e. The van der Waals surface area contributed by atoms with Crippen molar-refractivity contribution in [1.82, 2.24) is 0 Å². The summed E-state index contributed by atoms with van der Waals surface area (Å²) in [4.78, 5) is 0. The van der Waals surface area contributed by atoms with Gasteiger partial charge in [-0.3, -0.25) is 0 Å². The molecule has 1 aromatic rings. The molecule has 0 fully saturated rings. The van der Waals surface area contributed by atoms with Crippen LogP contribution in [0.5, 0.6) is 0 Å². The van der Waals surface area contributed by atoms with Crippen LogP contribution in [0.2, 0.25) is 5.02 Å². The molecular weight excluding hydrogens is 213 g/mol. The van der Waals surface area contributed by atoms with Crippen molar-refractivity contribution in [2.45, 2.75) is 32.6 Å². The van der Waals surface area contributed by atoms with E-state index in [0.29, 0.717) is 10.6 Å². The third-order valence-corrected chi connectivity index (χ3v) is 2.83. The average molecular weight is 230 g/mol. The molecule has 84 valence electrons. The molecule has 0 bridgehead atoms. The van der Waals surface area contributed by atoms with E-state index < -0.39 is 0 Å². The first-order valence-corrected chi connectivity index (χ1v) is 5.67. The minimum Gasteiger partial charge on any atom is -0.330 e. The van der Waals surface area contributed by atoms with Gasteiger partial charge in [-0.05, 0) is 49.9 Å². The summed E-state index contributed by atoms with van der Waals surface area (Å²) < 4.78 is 13.1. The van der Waals surface area contributed by atoms with E-state index in [2.05, 4.69) is 0 Å². The SMILES string of the molecule is Cc1cc(CCCCCN)c(Cl)cc1F. The maximum absolute atomic E-state index is 13.1. The Morgan fingerprint density at radius 1 is 1.27 bits per heavy atom. The molecule has 3 heteroatoms. The number of unbranched alkanes of at least 4 members (excludes halogenated alkanes) is 2. The van der Waals surface area contributed by atoms with Crippen LogP contribution in [0.1, 0.15) is 30.4 Å². The zero-order valence-electron chi connectivity index (χ0n) is 9.02. The molecule has 1 rings (SSSR count). The molecule has 0 radical (unpaired) electrons. The van der Waals surface area contributed by atoms with E-state index in [-0.39, 0.29) is 5.82 Å². The molecule has 0 aliphatic heterocycles. The number of benzene rings is 1. The zero-order valence-corrected chi connectivity index (χ0v) is 9.78. The summed E-state index contributed by atoms with van der Waals surface area (Å²) in [7, 11) is 0. The first kappa shape index (κ1) is 12.5. The molecule has 1 nitrogen and oxygen atoms in total. The molecule has 0 saturated carbocycles. The van der Waals surface area contributed by atoms with Gasteiger partial charge in [-0.1, -0.05) is 24.1 Å². The van der Waals surface area contributed by atoms with Crippen molar-refractivity contribution in [3.05, 3.63) is 34.1 Å². The van der Waals surface area contributed by atoms with Gasteiger partial charge in [-0.2, -0.15) is 0 Å². The summed E-state index contributed by atoms with van der Waals surface area (Å²) in [5.74, 6) is -0.231. The lowest BCUT2D eigenvalue weighted by Crippen LogP contribution is -1.98. The van der Waals surface area contributed by atoms with Crippen LogP contribution in [0.3, 0.4) is 0 Å². The second-order valence-electron chi connectivity index (χ2n) is 3.79. The predicted octanol–water partition coefficient (Wildman–Crippen LogP) is 3.46. The Balaban J connectivity index is 2.57. The minimum absolute atomic E-state index is 0.231. The first-order chi connectivity index (χ1) is 7.15. The fourth-order valence-electron chi connectivity index (χ4n) is 1.55. The van der Waals surface area contributed by atoms with Gasteiger partial charge in [-0.25, -0.2) is 4.39 Å². The van der Waals surface area contributed by atoms with E-state index in [4.69, 9.17) is 17.3 Å². The van der Waals surface area contributed by atoms with Gasteiger partial charge in [-0.15, -0.1) is 0 Å². The Morgan fingerprint density at radius 3 is 2.67 bits per heavy atom. The van der Waals surface area contributed by atoms with Crippen LogP contribution in [0, 0.1) is 12.7 Å². The molecule has 0 aromatic heterocycles. The number of hydrogen-bond donors (Lipinski definition) is 1. The molecule has 0 atom stereocenters. The van der Waals surface area contributed by atoms with E-state index in [1.807, 2.05) is 6.07 Å². The van der Waals surface area contributed by atoms with Gasteiger partial charge in [0.15, 0.2) is 0 Å². The molecule has 0 heterocycles. The minimum atomic E-state index is -0.231. The summed E-state index contributed by atoms with van der Waals surface area (Å²) in [6, 6.07) is 3.23. The van der Waals surface area contributed by atoms with Crippen molar-refractivity contribution in [2.24, 2.45) is 5.73 Å². The topological polar surface area (TPSA) is 26.0 Å². The highest BCUT2D eigenvalue weighted by Crippen LogP contribution is 2.22. The lowest BCUT2D eigenvalue weighted by molar-refractivity contribution is 0.616. The Morgan fingerprint density at radius 2 is 2.00 bits per heavy atom. The van der Waals surface area contributed by atoms with Crippen LogP contribution in [0.4, 0.5) is 4.39 Å². The fourth-order valence-corrected chi connectivity index (χ4v) is 1.79. The molecule has 0 aliphatic carbocycles. The van der Waals surface area contributed by atoms with Crippen molar-refractivity contribution in [1.29, 1.82) is 0 Å². The quantitative estimate of drug-likeness (QED) is 0.769. The van der Waals surface area contributed by atoms with Crippen LogP contribution in [0.25, 0.3) is 0 Å². The zero-order chi connectivity index (χ0) is 11.3. The molecule has 1 aromatic carbocycles. The Kier molecular flexibility index (Phi) is 5.06. The highest BCUT2D eigenvalue weighted by molar-refractivity contribution is 6.31. The average Bonchev–Trinajstić information content (AvgIpc) is 2.20. The predicted molar refractivity (Wildman–Crippen MR) is 62.8 cm³/mol. The number of rotatable bonds is 5. The molecule has 0 unspecified atom stereocenters. The number of halogens is 2. The van der Waals surface area contributed by atoms with Crippen molar-refractivity contribution in [3.8, 4) is 0 Å². The summed E-state index contributed by atoms with van der Waals surface area (Å²) in [5, 5.41) is 0.533.